The molecule has 0 radical (unpaired) electrons. The van der Waals surface area contributed by atoms with Gasteiger partial charge in [-0.3, -0.25) is 9.59 Å². The topological polar surface area (TPSA) is 39.1 Å². The van der Waals surface area contributed by atoms with Crippen LogP contribution in [0.2, 0.25) is 0 Å². The molecule has 0 unspecified atom stereocenters. The highest BCUT2D eigenvalue weighted by Gasteiger charge is 2.17. The Balaban J connectivity index is 3.09. The van der Waals surface area contributed by atoms with Crippen molar-refractivity contribution in [1.29, 1.82) is 0 Å². The van der Waals surface area contributed by atoms with E-state index in [1.807, 2.05) is 44.4 Å². The van der Waals surface area contributed by atoms with Crippen LogP contribution in [-0.2, 0) is 6.54 Å². The second-order valence-electron chi connectivity index (χ2n) is 5.04. The van der Waals surface area contributed by atoms with E-state index < -0.39 is 0 Å². The van der Waals surface area contributed by atoms with Crippen LogP contribution < -0.4 is 5.43 Å². The molecule has 2 rings (SSSR count). The number of Topliss-reactive ketones (excluding diaryl/α,β-unsaturated/α-hetero) is 1. The van der Waals surface area contributed by atoms with E-state index in [4.69, 9.17) is 0 Å². The van der Waals surface area contributed by atoms with Crippen molar-refractivity contribution in [2.24, 2.45) is 0 Å². The van der Waals surface area contributed by atoms with E-state index in [1.54, 1.807) is 0 Å². The van der Waals surface area contributed by atoms with Gasteiger partial charge in [0.15, 0.2) is 11.2 Å². The van der Waals surface area contributed by atoms with E-state index in [1.165, 1.54) is 6.92 Å². The SMILES string of the molecule is CCn1c(C)c(C(C)=O)c(=O)c2cc(C)c(C)cc21. The van der Waals surface area contributed by atoms with Crippen molar-refractivity contribution in [3.63, 3.8) is 0 Å². The molecule has 0 saturated heterocycles. The molecule has 2 aromatic rings. The number of benzene rings is 1. The zero-order valence-corrected chi connectivity index (χ0v) is 12.1. The number of pyridine rings is 1. The highest BCUT2D eigenvalue weighted by Crippen LogP contribution is 2.20. The Kier molecular flexibility index (Phi) is 3.31. The average Bonchev–Trinajstić information content (AvgIpc) is 2.32. The van der Waals surface area contributed by atoms with Crippen LogP contribution in [0.1, 0.15) is 41.0 Å². The fourth-order valence-corrected chi connectivity index (χ4v) is 2.64. The van der Waals surface area contributed by atoms with Gasteiger partial charge in [-0.15, -0.1) is 0 Å². The third-order valence-corrected chi connectivity index (χ3v) is 3.81. The van der Waals surface area contributed by atoms with Gasteiger partial charge in [0.25, 0.3) is 0 Å². The van der Waals surface area contributed by atoms with Gasteiger partial charge >= 0.3 is 0 Å². The van der Waals surface area contributed by atoms with Gasteiger partial charge in [-0.1, -0.05) is 0 Å². The van der Waals surface area contributed by atoms with Crippen LogP contribution in [-0.4, -0.2) is 10.4 Å². The van der Waals surface area contributed by atoms with E-state index in [0.29, 0.717) is 10.9 Å². The van der Waals surface area contributed by atoms with Gasteiger partial charge < -0.3 is 4.57 Å². The predicted molar refractivity (Wildman–Crippen MR) is 78.1 cm³/mol. The first-order valence-corrected chi connectivity index (χ1v) is 6.53. The van der Waals surface area contributed by atoms with E-state index >= 15 is 0 Å². The van der Waals surface area contributed by atoms with Gasteiger partial charge in [0, 0.05) is 17.6 Å². The van der Waals surface area contributed by atoms with Gasteiger partial charge in [0.1, 0.15) is 0 Å². The third kappa shape index (κ3) is 1.99. The van der Waals surface area contributed by atoms with Crippen LogP contribution in [0.15, 0.2) is 16.9 Å². The van der Waals surface area contributed by atoms with E-state index in [0.717, 1.165) is 28.9 Å². The third-order valence-electron chi connectivity index (χ3n) is 3.81. The standard InChI is InChI=1S/C16H19NO2/c1-6-17-11(4)15(12(5)18)16(19)13-7-9(2)10(3)8-14(13)17/h7-8H,6H2,1-5H3. The molecule has 0 bridgehead atoms. The largest absolute Gasteiger partial charge is 0.344 e. The number of carbonyl (C=O) groups is 1. The van der Waals surface area contributed by atoms with Crippen LogP contribution in [0.25, 0.3) is 10.9 Å². The lowest BCUT2D eigenvalue weighted by Crippen LogP contribution is -2.21. The monoisotopic (exact) mass is 257 g/mol. The summed E-state index contributed by atoms with van der Waals surface area (Å²) in [5.74, 6) is -0.162. The summed E-state index contributed by atoms with van der Waals surface area (Å²) in [5.41, 5.74) is 4.08. The summed E-state index contributed by atoms with van der Waals surface area (Å²) in [4.78, 5) is 24.2. The number of carbonyl (C=O) groups excluding carboxylic acids is 1. The summed E-state index contributed by atoms with van der Waals surface area (Å²) in [6.45, 7) is 10.1. The first-order chi connectivity index (χ1) is 8.88. The molecule has 0 aliphatic carbocycles. The minimum atomic E-state index is -0.162. The van der Waals surface area contributed by atoms with Crippen LogP contribution in [0, 0.1) is 20.8 Å². The van der Waals surface area contributed by atoms with Crippen molar-refractivity contribution in [3.05, 3.63) is 44.7 Å². The smallest absolute Gasteiger partial charge is 0.200 e. The molecule has 1 aromatic carbocycles. The zero-order valence-electron chi connectivity index (χ0n) is 12.1. The second-order valence-corrected chi connectivity index (χ2v) is 5.04. The Hall–Kier alpha value is -1.90. The lowest BCUT2D eigenvalue weighted by molar-refractivity contribution is 0.101. The molecule has 0 atom stereocenters. The molecule has 0 spiro atoms. The first-order valence-electron chi connectivity index (χ1n) is 6.53. The van der Waals surface area contributed by atoms with Crippen molar-refractivity contribution in [1.82, 2.24) is 4.57 Å². The molecule has 0 saturated carbocycles. The molecular formula is C16H19NO2. The van der Waals surface area contributed by atoms with Gasteiger partial charge in [-0.2, -0.15) is 0 Å². The molecule has 19 heavy (non-hydrogen) atoms. The molecule has 0 amide bonds. The van der Waals surface area contributed by atoms with Crippen molar-refractivity contribution in [2.75, 3.05) is 0 Å². The van der Waals surface area contributed by atoms with Crippen molar-refractivity contribution < 1.29 is 4.79 Å². The number of aromatic nitrogens is 1. The number of rotatable bonds is 2. The molecule has 3 nitrogen and oxygen atoms in total. The maximum atomic E-state index is 12.5. The normalized spacial score (nSPS) is 11.0. The average molecular weight is 257 g/mol. The van der Waals surface area contributed by atoms with E-state index in [9.17, 15) is 9.59 Å². The number of ketones is 1. The van der Waals surface area contributed by atoms with Gasteiger partial charge in [-0.05, 0) is 57.9 Å². The first kappa shape index (κ1) is 13.5. The quantitative estimate of drug-likeness (QED) is 0.775. The minimum Gasteiger partial charge on any atom is -0.344 e. The number of nitrogens with zero attached hydrogens (tertiary/aromatic N) is 1. The molecule has 0 fully saturated rings. The van der Waals surface area contributed by atoms with Crippen molar-refractivity contribution in [2.45, 2.75) is 41.2 Å². The van der Waals surface area contributed by atoms with E-state index in [-0.39, 0.29) is 11.2 Å². The Bertz CT molecular complexity index is 739. The minimum absolute atomic E-state index is 0.146. The maximum absolute atomic E-state index is 12.5. The molecule has 0 aliphatic heterocycles. The van der Waals surface area contributed by atoms with Crippen LogP contribution in [0.3, 0.4) is 0 Å². The van der Waals surface area contributed by atoms with E-state index in [2.05, 4.69) is 0 Å². The number of hydrogen-bond donors (Lipinski definition) is 0. The van der Waals surface area contributed by atoms with Crippen LogP contribution >= 0.6 is 0 Å². The predicted octanol–water partition coefficient (Wildman–Crippen LogP) is 3.15. The van der Waals surface area contributed by atoms with Gasteiger partial charge in [-0.25, -0.2) is 0 Å². The fraction of sp³-hybridized carbons (Fsp3) is 0.375. The summed E-state index contributed by atoms with van der Waals surface area (Å²) >= 11 is 0. The van der Waals surface area contributed by atoms with Gasteiger partial charge in [0.2, 0.25) is 0 Å². The summed E-state index contributed by atoms with van der Waals surface area (Å²) in [6.07, 6.45) is 0. The number of fused-ring (bicyclic) bond motifs is 1. The Morgan fingerprint density at radius 3 is 2.26 bits per heavy atom. The van der Waals surface area contributed by atoms with Gasteiger partial charge in [0.05, 0.1) is 11.1 Å². The summed E-state index contributed by atoms with van der Waals surface area (Å²) < 4.78 is 2.04. The summed E-state index contributed by atoms with van der Waals surface area (Å²) in [6, 6.07) is 3.93. The maximum Gasteiger partial charge on any atom is 0.200 e. The Morgan fingerprint density at radius 1 is 1.16 bits per heavy atom. The van der Waals surface area contributed by atoms with Crippen molar-refractivity contribution >= 4 is 16.7 Å². The lowest BCUT2D eigenvalue weighted by atomic mass is 10.0. The second kappa shape index (κ2) is 4.65. The molecule has 1 aromatic heterocycles. The van der Waals surface area contributed by atoms with Crippen LogP contribution in [0.4, 0.5) is 0 Å². The molecule has 0 N–H and O–H groups in total. The zero-order chi connectivity index (χ0) is 14.3. The highest BCUT2D eigenvalue weighted by molar-refractivity contribution is 5.98. The molecule has 1 heterocycles. The summed E-state index contributed by atoms with van der Waals surface area (Å²) in [5, 5.41) is 0.640. The molecule has 100 valence electrons. The highest BCUT2D eigenvalue weighted by atomic mass is 16.1. The fourth-order valence-electron chi connectivity index (χ4n) is 2.64. The molecular weight excluding hydrogens is 238 g/mol. The molecule has 3 heteroatoms. The van der Waals surface area contributed by atoms with Crippen LogP contribution in [0.5, 0.6) is 0 Å². The Labute approximate surface area is 112 Å². The molecule has 0 aliphatic rings. The lowest BCUT2D eigenvalue weighted by Gasteiger charge is -2.16. The van der Waals surface area contributed by atoms with Crippen molar-refractivity contribution in [3.8, 4) is 0 Å². The summed E-state index contributed by atoms with van der Waals surface area (Å²) in [7, 11) is 0. The number of hydrogen-bond acceptors (Lipinski definition) is 2. The number of aryl methyl sites for hydroxylation is 3. The Morgan fingerprint density at radius 2 is 1.74 bits per heavy atom.